The molecule has 1 aromatic heterocycles. The standard InChI is InChI=1S/C22H34N2O2/c1-4-7-8-9-10-11-12-17-26-20-14-13-19(18-21(20)25-6-3)22-23-15-16-24(22)5-2/h13-16,18H,4-12,17H2,1-3H3. The zero-order valence-corrected chi connectivity index (χ0v) is 16.7. The number of rotatable bonds is 13. The van der Waals surface area contributed by atoms with E-state index in [1.165, 1.54) is 38.5 Å². The van der Waals surface area contributed by atoms with Gasteiger partial charge in [0.1, 0.15) is 5.82 Å². The molecule has 0 N–H and O–H groups in total. The van der Waals surface area contributed by atoms with Gasteiger partial charge in [0.25, 0.3) is 0 Å². The molecular formula is C22H34N2O2. The van der Waals surface area contributed by atoms with E-state index in [1.807, 2.05) is 31.5 Å². The molecule has 1 aromatic carbocycles. The number of aromatic nitrogens is 2. The Bertz CT molecular complexity index is 637. The van der Waals surface area contributed by atoms with Gasteiger partial charge in [0.2, 0.25) is 0 Å². The predicted octanol–water partition coefficient (Wildman–Crippen LogP) is 6.10. The van der Waals surface area contributed by atoms with Gasteiger partial charge >= 0.3 is 0 Å². The van der Waals surface area contributed by atoms with Gasteiger partial charge in [-0.05, 0) is 38.5 Å². The highest BCUT2D eigenvalue weighted by Crippen LogP contribution is 2.32. The van der Waals surface area contributed by atoms with E-state index < -0.39 is 0 Å². The molecule has 26 heavy (non-hydrogen) atoms. The van der Waals surface area contributed by atoms with E-state index in [1.54, 1.807) is 0 Å². The molecule has 0 atom stereocenters. The van der Waals surface area contributed by atoms with Gasteiger partial charge in [-0.15, -0.1) is 0 Å². The summed E-state index contributed by atoms with van der Waals surface area (Å²) in [4.78, 5) is 4.47. The van der Waals surface area contributed by atoms with Crippen molar-refractivity contribution in [2.45, 2.75) is 72.3 Å². The molecule has 0 bridgehead atoms. The van der Waals surface area contributed by atoms with E-state index in [0.717, 1.165) is 42.5 Å². The average Bonchev–Trinajstić information content (AvgIpc) is 3.14. The third kappa shape index (κ3) is 6.08. The van der Waals surface area contributed by atoms with E-state index in [-0.39, 0.29) is 0 Å². The quantitative estimate of drug-likeness (QED) is 0.406. The Morgan fingerprint density at radius 1 is 0.885 bits per heavy atom. The van der Waals surface area contributed by atoms with Crippen LogP contribution in [0.4, 0.5) is 0 Å². The van der Waals surface area contributed by atoms with Crippen LogP contribution < -0.4 is 9.47 Å². The van der Waals surface area contributed by atoms with Gasteiger partial charge < -0.3 is 14.0 Å². The average molecular weight is 359 g/mol. The fourth-order valence-corrected chi connectivity index (χ4v) is 3.10. The summed E-state index contributed by atoms with van der Waals surface area (Å²) in [5.74, 6) is 2.60. The molecule has 0 aliphatic carbocycles. The molecule has 0 radical (unpaired) electrons. The number of aryl methyl sites for hydroxylation is 1. The van der Waals surface area contributed by atoms with Crippen molar-refractivity contribution in [2.24, 2.45) is 0 Å². The normalized spacial score (nSPS) is 10.9. The van der Waals surface area contributed by atoms with Gasteiger partial charge in [0.15, 0.2) is 11.5 Å². The van der Waals surface area contributed by atoms with E-state index >= 15 is 0 Å². The molecule has 0 fully saturated rings. The lowest BCUT2D eigenvalue weighted by molar-refractivity contribution is 0.270. The van der Waals surface area contributed by atoms with Crippen molar-refractivity contribution in [2.75, 3.05) is 13.2 Å². The van der Waals surface area contributed by atoms with Crippen LogP contribution in [0.15, 0.2) is 30.6 Å². The van der Waals surface area contributed by atoms with Gasteiger partial charge in [-0.1, -0.05) is 45.4 Å². The molecule has 0 spiro atoms. The molecular weight excluding hydrogens is 324 g/mol. The van der Waals surface area contributed by atoms with Crippen molar-refractivity contribution in [3.63, 3.8) is 0 Å². The number of unbranched alkanes of at least 4 members (excludes halogenated alkanes) is 6. The predicted molar refractivity (Wildman–Crippen MR) is 108 cm³/mol. The molecule has 2 aromatic rings. The van der Waals surface area contributed by atoms with E-state index in [9.17, 15) is 0 Å². The van der Waals surface area contributed by atoms with Crippen molar-refractivity contribution in [3.8, 4) is 22.9 Å². The highest BCUT2D eigenvalue weighted by Gasteiger charge is 2.11. The molecule has 2 rings (SSSR count). The minimum Gasteiger partial charge on any atom is -0.490 e. The fraction of sp³-hybridized carbons (Fsp3) is 0.591. The van der Waals surface area contributed by atoms with Gasteiger partial charge in [-0.2, -0.15) is 0 Å². The van der Waals surface area contributed by atoms with Crippen LogP contribution in [0.1, 0.15) is 65.7 Å². The van der Waals surface area contributed by atoms with Gasteiger partial charge in [-0.25, -0.2) is 4.98 Å². The molecule has 4 heteroatoms. The van der Waals surface area contributed by atoms with Crippen LogP contribution >= 0.6 is 0 Å². The second-order valence-electron chi connectivity index (χ2n) is 6.60. The molecule has 4 nitrogen and oxygen atoms in total. The first kappa shape index (κ1) is 20.3. The fourth-order valence-electron chi connectivity index (χ4n) is 3.10. The van der Waals surface area contributed by atoms with Crippen LogP contribution in [0.3, 0.4) is 0 Å². The lowest BCUT2D eigenvalue weighted by atomic mass is 10.1. The third-order valence-electron chi connectivity index (χ3n) is 4.56. The molecule has 0 amide bonds. The number of imidazole rings is 1. The smallest absolute Gasteiger partial charge is 0.161 e. The minimum absolute atomic E-state index is 0.624. The summed E-state index contributed by atoms with van der Waals surface area (Å²) >= 11 is 0. The molecule has 0 unspecified atom stereocenters. The lowest BCUT2D eigenvalue weighted by Crippen LogP contribution is -2.02. The Kier molecular flexibility index (Phi) is 9.08. The van der Waals surface area contributed by atoms with Crippen LogP contribution in [0.5, 0.6) is 11.5 Å². The summed E-state index contributed by atoms with van der Waals surface area (Å²) in [5.41, 5.74) is 1.06. The Balaban J connectivity index is 1.90. The second kappa shape index (κ2) is 11.6. The zero-order valence-electron chi connectivity index (χ0n) is 16.7. The zero-order chi connectivity index (χ0) is 18.6. The van der Waals surface area contributed by atoms with Crippen LogP contribution in [-0.2, 0) is 6.54 Å². The molecule has 0 saturated carbocycles. The van der Waals surface area contributed by atoms with Crippen LogP contribution in [0, 0.1) is 0 Å². The Morgan fingerprint density at radius 2 is 1.65 bits per heavy atom. The largest absolute Gasteiger partial charge is 0.490 e. The highest BCUT2D eigenvalue weighted by molar-refractivity contribution is 5.61. The Morgan fingerprint density at radius 3 is 2.38 bits per heavy atom. The maximum atomic E-state index is 5.99. The summed E-state index contributed by atoms with van der Waals surface area (Å²) in [7, 11) is 0. The second-order valence-corrected chi connectivity index (χ2v) is 6.60. The first-order valence-electron chi connectivity index (χ1n) is 10.2. The molecule has 1 heterocycles. The van der Waals surface area contributed by atoms with E-state index in [0.29, 0.717) is 6.61 Å². The van der Waals surface area contributed by atoms with Crippen LogP contribution in [0.2, 0.25) is 0 Å². The van der Waals surface area contributed by atoms with Crippen molar-refractivity contribution in [1.29, 1.82) is 0 Å². The van der Waals surface area contributed by atoms with Crippen molar-refractivity contribution >= 4 is 0 Å². The van der Waals surface area contributed by atoms with Gasteiger partial charge in [0.05, 0.1) is 13.2 Å². The van der Waals surface area contributed by atoms with Gasteiger partial charge in [0, 0.05) is 24.5 Å². The topological polar surface area (TPSA) is 36.3 Å². The van der Waals surface area contributed by atoms with E-state index in [2.05, 4.69) is 29.5 Å². The Labute approximate surface area is 158 Å². The number of benzene rings is 1. The summed E-state index contributed by atoms with van der Waals surface area (Å²) in [5, 5.41) is 0. The first-order chi connectivity index (χ1) is 12.8. The number of ether oxygens (including phenoxy) is 2. The van der Waals surface area contributed by atoms with Crippen molar-refractivity contribution in [1.82, 2.24) is 9.55 Å². The molecule has 0 saturated heterocycles. The lowest BCUT2D eigenvalue weighted by Gasteiger charge is -2.14. The maximum Gasteiger partial charge on any atom is 0.161 e. The monoisotopic (exact) mass is 358 g/mol. The summed E-state index contributed by atoms with van der Waals surface area (Å²) in [6.45, 7) is 8.64. The minimum atomic E-state index is 0.624. The van der Waals surface area contributed by atoms with E-state index in [4.69, 9.17) is 9.47 Å². The summed E-state index contributed by atoms with van der Waals surface area (Å²) in [6, 6.07) is 6.12. The van der Waals surface area contributed by atoms with Crippen LogP contribution in [-0.4, -0.2) is 22.8 Å². The summed E-state index contributed by atoms with van der Waals surface area (Å²) < 4.78 is 13.9. The third-order valence-corrected chi connectivity index (χ3v) is 4.56. The molecule has 0 aliphatic rings. The van der Waals surface area contributed by atoms with Gasteiger partial charge in [-0.3, -0.25) is 0 Å². The molecule has 144 valence electrons. The number of hydrogen-bond acceptors (Lipinski definition) is 3. The first-order valence-corrected chi connectivity index (χ1v) is 10.2. The number of hydrogen-bond donors (Lipinski definition) is 0. The SMILES string of the molecule is CCCCCCCCCOc1ccc(-c2nccn2CC)cc1OCC. The summed E-state index contributed by atoms with van der Waals surface area (Å²) in [6.07, 6.45) is 12.8. The highest BCUT2D eigenvalue weighted by atomic mass is 16.5. The van der Waals surface area contributed by atoms with Crippen LogP contribution in [0.25, 0.3) is 11.4 Å². The maximum absolute atomic E-state index is 5.99. The molecule has 0 aliphatic heterocycles. The van der Waals surface area contributed by atoms with Crippen molar-refractivity contribution in [3.05, 3.63) is 30.6 Å². The Hall–Kier alpha value is -1.97. The van der Waals surface area contributed by atoms with Crippen molar-refractivity contribution < 1.29 is 9.47 Å². The number of nitrogens with zero attached hydrogens (tertiary/aromatic N) is 2.